The molecule has 4 nitrogen and oxygen atoms in total. The maximum absolute atomic E-state index is 13.0. The number of nitrogens with zero attached hydrogens (tertiary/aromatic N) is 2. The van der Waals surface area contributed by atoms with Gasteiger partial charge in [0.25, 0.3) is 5.91 Å². The Morgan fingerprint density at radius 2 is 2.12 bits per heavy atom. The predicted octanol–water partition coefficient (Wildman–Crippen LogP) is 1.87. The summed E-state index contributed by atoms with van der Waals surface area (Å²) in [5.41, 5.74) is 0.420. The first-order chi connectivity index (χ1) is 7.99. The van der Waals surface area contributed by atoms with Crippen LogP contribution >= 0.6 is 11.6 Å². The second-order valence-electron chi connectivity index (χ2n) is 3.85. The fourth-order valence-corrected chi connectivity index (χ4v) is 1.84. The molecule has 1 aliphatic rings. The molecule has 1 saturated heterocycles. The quantitative estimate of drug-likeness (QED) is 0.758. The van der Waals surface area contributed by atoms with Gasteiger partial charge in [-0.3, -0.25) is 9.69 Å². The summed E-state index contributed by atoms with van der Waals surface area (Å²) in [6.45, 7) is 0.0460. The molecule has 6 heteroatoms. The first kappa shape index (κ1) is 11.9. The lowest BCUT2D eigenvalue weighted by Crippen LogP contribution is -2.31. The standard InChI is InChI=1S/C11H10ClFN2O2/c1-14-6-10(16)15(11(14)17)5-7-4-8(13)2-3-9(7)12/h2-4H,5-6H2,1H3. The van der Waals surface area contributed by atoms with E-state index in [1.165, 1.54) is 30.1 Å². The molecular weight excluding hydrogens is 247 g/mol. The summed E-state index contributed by atoms with van der Waals surface area (Å²) in [7, 11) is 1.54. The molecule has 1 aliphatic heterocycles. The van der Waals surface area contributed by atoms with Crippen LogP contribution in [-0.2, 0) is 11.3 Å². The molecule has 0 aliphatic carbocycles. The number of hydrogen-bond donors (Lipinski definition) is 0. The molecule has 0 N–H and O–H groups in total. The van der Waals surface area contributed by atoms with E-state index in [2.05, 4.69) is 0 Å². The molecule has 3 amide bonds. The van der Waals surface area contributed by atoms with Crippen molar-refractivity contribution in [3.8, 4) is 0 Å². The lowest BCUT2D eigenvalue weighted by atomic mass is 10.2. The van der Waals surface area contributed by atoms with Gasteiger partial charge in [0, 0.05) is 12.1 Å². The zero-order valence-corrected chi connectivity index (χ0v) is 9.87. The van der Waals surface area contributed by atoms with Crippen LogP contribution in [0.3, 0.4) is 0 Å². The topological polar surface area (TPSA) is 40.6 Å². The molecule has 17 heavy (non-hydrogen) atoms. The zero-order valence-electron chi connectivity index (χ0n) is 9.11. The SMILES string of the molecule is CN1CC(=O)N(Cc2cc(F)ccc2Cl)C1=O. The first-order valence-electron chi connectivity index (χ1n) is 4.98. The Bertz CT molecular complexity index is 492. The number of halogens is 2. The highest BCUT2D eigenvalue weighted by Gasteiger charge is 2.33. The summed E-state index contributed by atoms with van der Waals surface area (Å²) >= 11 is 5.88. The first-order valence-corrected chi connectivity index (χ1v) is 5.36. The van der Waals surface area contributed by atoms with Crippen molar-refractivity contribution >= 4 is 23.5 Å². The largest absolute Gasteiger partial charge is 0.327 e. The predicted molar refractivity (Wildman–Crippen MR) is 60.0 cm³/mol. The van der Waals surface area contributed by atoms with E-state index in [-0.39, 0.29) is 19.0 Å². The number of rotatable bonds is 2. The highest BCUT2D eigenvalue weighted by Crippen LogP contribution is 2.21. The Hall–Kier alpha value is -1.62. The Kier molecular flexibility index (Phi) is 3.02. The monoisotopic (exact) mass is 256 g/mol. The molecule has 0 unspecified atom stereocenters. The highest BCUT2D eigenvalue weighted by atomic mass is 35.5. The Labute approximate surface area is 103 Å². The minimum atomic E-state index is -0.447. The van der Waals surface area contributed by atoms with Crippen LogP contribution in [0.25, 0.3) is 0 Å². The minimum absolute atomic E-state index is 0.00139. The number of amides is 3. The molecule has 0 bridgehead atoms. The Morgan fingerprint density at radius 3 is 2.71 bits per heavy atom. The lowest BCUT2D eigenvalue weighted by Gasteiger charge is -2.14. The summed E-state index contributed by atoms with van der Waals surface area (Å²) in [6, 6.07) is 3.46. The van der Waals surface area contributed by atoms with E-state index < -0.39 is 11.8 Å². The molecule has 1 aromatic carbocycles. The number of imide groups is 1. The van der Waals surface area contributed by atoms with Crippen molar-refractivity contribution in [1.82, 2.24) is 9.80 Å². The molecule has 1 aromatic rings. The second kappa shape index (κ2) is 4.33. The Balaban J connectivity index is 2.24. The van der Waals surface area contributed by atoms with E-state index in [1.54, 1.807) is 0 Å². The second-order valence-corrected chi connectivity index (χ2v) is 4.26. The molecule has 0 spiro atoms. The van der Waals surface area contributed by atoms with Gasteiger partial charge in [0.2, 0.25) is 0 Å². The third-order valence-electron chi connectivity index (χ3n) is 2.57. The summed E-state index contributed by atoms with van der Waals surface area (Å²) in [5.74, 6) is -0.755. The summed E-state index contributed by atoms with van der Waals surface area (Å²) in [5, 5.41) is 0.335. The van der Waals surface area contributed by atoms with Crippen molar-refractivity contribution in [3.63, 3.8) is 0 Å². The molecular formula is C11H10ClFN2O2. The smallest absolute Gasteiger partial charge is 0.318 e. The molecule has 0 radical (unpaired) electrons. The van der Waals surface area contributed by atoms with Gasteiger partial charge in [-0.1, -0.05) is 11.6 Å². The van der Waals surface area contributed by atoms with Gasteiger partial charge in [-0.05, 0) is 23.8 Å². The number of hydrogen-bond acceptors (Lipinski definition) is 2. The third-order valence-corrected chi connectivity index (χ3v) is 2.94. The average Bonchev–Trinajstić information content (AvgIpc) is 2.50. The summed E-state index contributed by atoms with van der Waals surface area (Å²) < 4.78 is 13.0. The number of carbonyl (C=O) groups excluding carboxylic acids is 2. The van der Waals surface area contributed by atoms with Crippen LogP contribution in [-0.4, -0.2) is 35.3 Å². The fraction of sp³-hybridized carbons (Fsp3) is 0.273. The van der Waals surface area contributed by atoms with Gasteiger partial charge in [0.05, 0.1) is 6.54 Å². The third kappa shape index (κ3) is 2.24. The van der Waals surface area contributed by atoms with Gasteiger partial charge in [-0.25, -0.2) is 9.18 Å². The molecule has 1 heterocycles. The normalized spacial score (nSPS) is 15.9. The summed E-state index contributed by atoms with van der Waals surface area (Å²) in [4.78, 5) is 25.5. The molecule has 0 saturated carbocycles. The van der Waals surface area contributed by atoms with Crippen LogP contribution in [0.15, 0.2) is 18.2 Å². The Morgan fingerprint density at radius 1 is 1.41 bits per heavy atom. The van der Waals surface area contributed by atoms with E-state index in [0.29, 0.717) is 10.6 Å². The van der Waals surface area contributed by atoms with Gasteiger partial charge in [0.1, 0.15) is 12.4 Å². The summed E-state index contributed by atoms with van der Waals surface area (Å²) in [6.07, 6.45) is 0. The zero-order chi connectivity index (χ0) is 12.6. The van der Waals surface area contributed by atoms with E-state index in [1.807, 2.05) is 0 Å². The number of likely N-dealkylation sites (N-methyl/N-ethyl adjacent to an activating group) is 1. The van der Waals surface area contributed by atoms with Crippen molar-refractivity contribution in [2.75, 3.05) is 13.6 Å². The van der Waals surface area contributed by atoms with Crippen LogP contribution in [0, 0.1) is 5.82 Å². The molecule has 1 fully saturated rings. The van der Waals surface area contributed by atoms with Crippen molar-refractivity contribution in [3.05, 3.63) is 34.6 Å². The van der Waals surface area contributed by atoms with Crippen LogP contribution in [0.5, 0.6) is 0 Å². The van der Waals surface area contributed by atoms with Gasteiger partial charge in [0.15, 0.2) is 0 Å². The van der Waals surface area contributed by atoms with Gasteiger partial charge < -0.3 is 4.90 Å². The van der Waals surface area contributed by atoms with E-state index >= 15 is 0 Å². The van der Waals surface area contributed by atoms with Crippen LogP contribution < -0.4 is 0 Å². The molecule has 90 valence electrons. The number of urea groups is 1. The fourth-order valence-electron chi connectivity index (χ4n) is 1.66. The van der Waals surface area contributed by atoms with Crippen molar-refractivity contribution in [1.29, 1.82) is 0 Å². The molecule has 2 rings (SSSR count). The van der Waals surface area contributed by atoms with Crippen molar-refractivity contribution < 1.29 is 14.0 Å². The maximum atomic E-state index is 13.0. The molecule has 0 aromatic heterocycles. The van der Waals surface area contributed by atoms with Crippen LogP contribution in [0.2, 0.25) is 5.02 Å². The lowest BCUT2D eigenvalue weighted by molar-refractivity contribution is -0.125. The average molecular weight is 257 g/mol. The van der Waals surface area contributed by atoms with Crippen molar-refractivity contribution in [2.24, 2.45) is 0 Å². The van der Waals surface area contributed by atoms with E-state index in [0.717, 1.165) is 4.90 Å². The number of carbonyl (C=O) groups is 2. The molecule has 0 atom stereocenters. The minimum Gasteiger partial charge on any atom is -0.318 e. The number of benzene rings is 1. The van der Waals surface area contributed by atoms with E-state index in [4.69, 9.17) is 11.6 Å². The van der Waals surface area contributed by atoms with E-state index in [9.17, 15) is 14.0 Å². The van der Waals surface area contributed by atoms with Crippen molar-refractivity contribution in [2.45, 2.75) is 6.54 Å². The highest BCUT2D eigenvalue weighted by molar-refractivity contribution is 6.31. The van der Waals surface area contributed by atoms with Gasteiger partial charge in [-0.2, -0.15) is 0 Å². The maximum Gasteiger partial charge on any atom is 0.327 e. The van der Waals surface area contributed by atoms with Crippen LogP contribution in [0.1, 0.15) is 5.56 Å². The van der Waals surface area contributed by atoms with Gasteiger partial charge in [-0.15, -0.1) is 0 Å². The van der Waals surface area contributed by atoms with Gasteiger partial charge >= 0.3 is 6.03 Å². The van der Waals surface area contributed by atoms with Crippen LogP contribution in [0.4, 0.5) is 9.18 Å².